The van der Waals surface area contributed by atoms with Crippen molar-refractivity contribution in [2.24, 2.45) is 11.8 Å². The van der Waals surface area contributed by atoms with Crippen LogP contribution in [0.25, 0.3) is 0 Å². The predicted molar refractivity (Wildman–Crippen MR) is 118 cm³/mol. The molecule has 0 aromatic heterocycles. The highest BCUT2D eigenvalue weighted by Crippen LogP contribution is 2.52. The quantitative estimate of drug-likeness (QED) is 0.417. The Morgan fingerprint density at radius 3 is 2.76 bits per heavy atom. The van der Waals surface area contributed by atoms with Crippen molar-refractivity contribution in [2.75, 3.05) is 16.8 Å². The number of nitro groups is 1. The first-order valence-electron chi connectivity index (χ1n) is 11.3. The first kappa shape index (κ1) is 20.0. The summed E-state index contributed by atoms with van der Waals surface area (Å²) in [6.07, 6.45) is 2.42. The zero-order chi connectivity index (χ0) is 23.1. The van der Waals surface area contributed by atoms with Gasteiger partial charge in [0.15, 0.2) is 0 Å². The number of anilines is 2. The van der Waals surface area contributed by atoms with E-state index in [1.165, 1.54) is 24.3 Å². The number of carbonyl (C=O) groups excluding carboxylic acids is 3. The number of quaternary nitrogens is 1. The molecule has 168 valence electrons. The monoisotopic (exact) mass is 447 g/mol. The molecule has 5 atom stereocenters. The maximum absolute atomic E-state index is 13.9. The van der Waals surface area contributed by atoms with E-state index in [0.29, 0.717) is 5.69 Å². The molecule has 0 bridgehead atoms. The summed E-state index contributed by atoms with van der Waals surface area (Å²) in [5.41, 5.74) is 1.40. The Morgan fingerprint density at radius 2 is 2.00 bits per heavy atom. The number of rotatable bonds is 3. The number of benzene rings is 2. The van der Waals surface area contributed by atoms with E-state index in [0.717, 1.165) is 46.7 Å². The fourth-order valence-corrected chi connectivity index (χ4v) is 6.73. The maximum Gasteiger partial charge on any atom is 0.291 e. The Bertz CT molecular complexity index is 1260. The van der Waals surface area contributed by atoms with Gasteiger partial charge in [-0.05, 0) is 30.2 Å². The summed E-state index contributed by atoms with van der Waals surface area (Å²) in [5.74, 6) is -2.51. The second kappa shape index (κ2) is 6.71. The smallest absolute Gasteiger partial charge is 0.291 e. The van der Waals surface area contributed by atoms with E-state index in [9.17, 15) is 24.5 Å². The number of hydrogen-bond donors (Lipinski definition) is 2. The highest BCUT2D eigenvalue weighted by Gasteiger charge is 2.78. The van der Waals surface area contributed by atoms with Crippen LogP contribution in [0.15, 0.2) is 42.5 Å². The van der Waals surface area contributed by atoms with Gasteiger partial charge in [0.1, 0.15) is 17.9 Å². The van der Waals surface area contributed by atoms with E-state index in [1.807, 2.05) is 25.1 Å². The van der Waals surface area contributed by atoms with Crippen LogP contribution >= 0.6 is 0 Å². The van der Waals surface area contributed by atoms with E-state index >= 15 is 0 Å². The van der Waals surface area contributed by atoms with Crippen molar-refractivity contribution in [3.8, 4) is 0 Å². The molecule has 4 heterocycles. The zero-order valence-electron chi connectivity index (χ0n) is 18.0. The Morgan fingerprint density at radius 1 is 1.18 bits per heavy atom. The average molecular weight is 447 g/mol. The number of imide groups is 1. The average Bonchev–Trinajstić information content (AvgIpc) is 3.51. The number of nitrogens with zero attached hydrogens (tertiary/aromatic N) is 2. The summed E-state index contributed by atoms with van der Waals surface area (Å²) in [6.45, 7) is 2.76. The first-order valence-corrected chi connectivity index (χ1v) is 11.3. The van der Waals surface area contributed by atoms with Crippen LogP contribution < -0.4 is 15.1 Å². The molecule has 3 amide bonds. The molecule has 4 aliphatic heterocycles. The van der Waals surface area contributed by atoms with Gasteiger partial charge in [0, 0.05) is 30.5 Å². The molecule has 1 unspecified atom stereocenters. The number of nitrogens with one attached hydrogen (secondary N) is 2. The van der Waals surface area contributed by atoms with Crippen LogP contribution in [-0.2, 0) is 26.3 Å². The topological polar surface area (TPSA) is 114 Å². The summed E-state index contributed by atoms with van der Waals surface area (Å²) in [7, 11) is 0. The van der Waals surface area contributed by atoms with Crippen molar-refractivity contribution in [2.45, 2.75) is 37.8 Å². The summed E-state index contributed by atoms with van der Waals surface area (Å²) in [4.78, 5) is 54.1. The third-order valence-electron chi connectivity index (χ3n) is 7.99. The van der Waals surface area contributed by atoms with Crippen LogP contribution in [0.1, 0.15) is 30.9 Å². The normalized spacial score (nSPS) is 31.7. The minimum atomic E-state index is -1.16. The maximum atomic E-state index is 13.9. The molecule has 4 aliphatic rings. The standard InChI is InChI=1S/C24H22N4O5/c1-2-13-8-9-17-16(11-13)24(23(31)25-17)20-19(18-7-4-10-26(18)24)21(29)27(22(20)30)14-5-3-6-15(12-14)28(32)33/h3,5-6,8-9,11-12,18-20H,2,4,7,10H2,1H3,(H,25,31)/p+1/t18-,19+,20-,24-/m0/s1. The minimum Gasteiger partial charge on any atom is -0.320 e. The van der Waals surface area contributed by atoms with E-state index in [-0.39, 0.29) is 29.2 Å². The number of amides is 3. The fourth-order valence-electron chi connectivity index (χ4n) is 6.73. The largest absolute Gasteiger partial charge is 0.320 e. The second-order valence-corrected chi connectivity index (χ2v) is 9.31. The van der Waals surface area contributed by atoms with Gasteiger partial charge in [0.25, 0.3) is 11.6 Å². The van der Waals surface area contributed by atoms with E-state index in [4.69, 9.17) is 0 Å². The third kappa shape index (κ3) is 2.37. The molecule has 3 saturated heterocycles. The van der Waals surface area contributed by atoms with Gasteiger partial charge in [-0.15, -0.1) is 0 Å². The lowest BCUT2D eigenvalue weighted by Gasteiger charge is -2.33. The highest BCUT2D eigenvalue weighted by molar-refractivity contribution is 6.25. The van der Waals surface area contributed by atoms with Crippen molar-refractivity contribution in [3.05, 3.63) is 63.7 Å². The van der Waals surface area contributed by atoms with Crippen molar-refractivity contribution in [1.82, 2.24) is 0 Å². The number of nitro benzene ring substituents is 1. The SMILES string of the molecule is CCc1ccc2c(c1)[C@@]1(C(=O)N2)[C@@H]2C(=O)N(c3cccc([N+](=O)[O-])c3)C(=O)[C@@H]2[C@@H]2CCC[NH+]21. The number of hydrogen-bond acceptors (Lipinski definition) is 5. The van der Waals surface area contributed by atoms with Crippen LogP contribution in [0.4, 0.5) is 17.1 Å². The molecule has 9 nitrogen and oxygen atoms in total. The van der Waals surface area contributed by atoms with Gasteiger partial charge < -0.3 is 10.2 Å². The molecule has 0 radical (unpaired) electrons. The van der Waals surface area contributed by atoms with Crippen LogP contribution in [0.3, 0.4) is 0 Å². The van der Waals surface area contributed by atoms with E-state index < -0.39 is 28.2 Å². The van der Waals surface area contributed by atoms with Gasteiger partial charge in [0.05, 0.1) is 22.8 Å². The molecule has 0 saturated carbocycles. The lowest BCUT2D eigenvalue weighted by Crippen LogP contribution is -3.19. The van der Waals surface area contributed by atoms with Gasteiger partial charge in [-0.25, -0.2) is 4.90 Å². The van der Waals surface area contributed by atoms with Crippen molar-refractivity contribution >= 4 is 34.8 Å². The molecule has 1 spiro atoms. The Labute approximate surface area is 189 Å². The van der Waals surface area contributed by atoms with Crippen molar-refractivity contribution in [3.63, 3.8) is 0 Å². The zero-order valence-corrected chi connectivity index (χ0v) is 18.0. The van der Waals surface area contributed by atoms with Gasteiger partial charge in [-0.2, -0.15) is 0 Å². The van der Waals surface area contributed by atoms with Crippen LogP contribution in [-0.4, -0.2) is 35.2 Å². The third-order valence-corrected chi connectivity index (χ3v) is 7.99. The predicted octanol–water partition coefficient (Wildman–Crippen LogP) is 1.17. The molecule has 3 fully saturated rings. The fraction of sp³-hybridized carbons (Fsp3) is 0.375. The first-order chi connectivity index (χ1) is 15.9. The molecular formula is C24H23N4O5+. The number of fused-ring (bicyclic) bond motifs is 7. The molecule has 0 aliphatic carbocycles. The highest BCUT2D eigenvalue weighted by atomic mass is 16.6. The second-order valence-electron chi connectivity index (χ2n) is 9.31. The molecule has 9 heteroatoms. The van der Waals surface area contributed by atoms with E-state index in [1.54, 1.807) is 0 Å². The number of aryl methyl sites for hydroxylation is 1. The summed E-state index contributed by atoms with van der Waals surface area (Å²) >= 11 is 0. The lowest BCUT2D eigenvalue weighted by atomic mass is 9.75. The van der Waals surface area contributed by atoms with Crippen LogP contribution in [0, 0.1) is 22.0 Å². The van der Waals surface area contributed by atoms with Gasteiger partial charge in [-0.1, -0.05) is 19.1 Å². The van der Waals surface area contributed by atoms with Crippen molar-refractivity contribution < 1.29 is 24.2 Å². The molecule has 2 aromatic carbocycles. The molecular weight excluding hydrogens is 424 g/mol. The Hall–Kier alpha value is -3.59. The molecule has 33 heavy (non-hydrogen) atoms. The lowest BCUT2D eigenvalue weighted by molar-refractivity contribution is -0.948. The summed E-state index contributed by atoms with van der Waals surface area (Å²) < 4.78 is 0. The van der Waals surface area contributed by atoms with Gasteiger partial charge in [0.2, 0.25) is 17.4 Å². The number of non-ortho nitro benzene ring substituents is 1. The van der Waals surface area contributed by atoms with Gasteiger partial charge in [-0.3, -0.25) is 24.5 Å². The summed E-state index contributed by atoms with van der Waals surface area (Å²) in [5, 5.41) is 14.3. The number of carbonyl (C=O) groups is 3. The Balaban J connectivity index is 1.54. The molecule has 2 aromatic rings. The van der Waals surface area contributed by atoms with Crippen molar-refractivity contribution in [1.29, 1.82) is 0 Å². The van der Waals surface area contributed by atoms with Crippen LogP contribution in [0.2, 0.25) is 0 Å². The Kier molecular flexibility index (Phi) is 4.08. The minimum absolute atomic E-state index is 0.142. The summed E-state index contributed by atoms with van der Waals surface area (Å²) in [6, 6.07) is 11.3. The molecule has 2 N–H and O–H groups in total. The van der Waals surface area contributed by atoms with Gasteiger partial charge >= 0.3 is 0 Å². The van der Waals surface area contributed by atoms with E-state index in [2.05, 4.69) is 5.32 Å². The van der Waals surface area contributed by atoms with Crippen LogP contribution in [0.5, 0.6) is 0 Å². The molecule has 6 rings (SSSR count).